The highest BCUT2D eigenvalue weighted by atomic mass is 32.2. The zero-order valence-electron chi connectivity index (χ0n) is 15.0. The number of carboxylic acid groups (broad SMARTS) is 1. The molecule has 0 saturated carbocycles. The molecule has 2 saturated heterocycles. The van der Waals surface area contributed by atoms with Crippen molar-refractivity contribution in [2.75, 3.05) is 40.5 Å². The molecule has 8 nitrogen and oxygen atoms in total. The van der Waals surface area contributed by atoms with Crippen LogP contribution < -0.4 is 9.47 Å². The number of ether oxygens (including phenoxy) is 3. The number of rotatable bonds is 5. The normalized spacial score (nSPS) is 26.3. The molecule has 2 atom stereocenters. The van der Waals surface area contributed by atoms with E-state index in [1.165, 1.54) is 24.6 Å². The van der Waals surface area contributed by atoms with Crippen LogP contribution in [0.25, 0.3) is 0 Å². The molecule has 0 radical (unpaired) electrons. The fraction of sp³-hybridized carbons (Fsp3) is 0.588. The quantitative estimate of drug-likeness (QED) is 0.810. The van der Waals surface area contributed by atoms with Crippen LogP contribution in [0.15, 0.2) is 17.0 Å². The minimum absolute atomic E-state index is 0.0212. The number of fused-ring (bicyclic) bond motifs is 1. The van der Waals surface area contributed by atoms with Gasteiger partial charge < -0.3 is 19.3 Å². The van der Waals surface area contributed by atoms with Crippen LogP contribution in [0.3, 0.4) is 0 Å². The average Bonchev–Trinajstić information content (AvgIpc) is 3.03. The van der Waals surface area contributed by atoms with E-state index in [-0.39, 0.29) is 36.3 Å². The van der Waals surface area contributed by atoms with Gasteiger partial charge in [0.15, 0.2) is 0 Å². The van der Waals surface area contributed by atoms with Crippen molar-refractivity contribution in [2.45, 2.75) is 18.2 Å². The molecule has 1 aromatic carbocycles. The van der Waals surface area contributed by atoms with Crippen LogP contribution in [0, 0.1) is 18.3 Å². The molecule has 3 rings (SSSR count). The van der Waals surface area contributed by atoms with Gasteiger partial charge >= 0.3 is 5.97 Å². The molecule has 0 bridgehead atoms. The minimum Gasteiger partial charge on any atom is -0.496 e. The molecule has 2 aliphatic heterocycles. The van der Waals surface area contributed by atoms with Crippen molar-refractivity contribution in [3.05, 3.63) is 17.7 Å². The number of aryl methyl sites for hydroxylation is 1. The first-order chi connectivity index (χ1) is 12.3. The summed E-state index contributed by atoms with van der Waals surface area (Å²) in [5.41, 5.74) is -0.457. The second-order valence-electron chi connectivity index (χ2n) is 6.77. The van der Waals surface area contributed by atoms with Crippen molar-refractivity contribution in [1.29, 1.82) is 0 Å². The maximum absolute atomic E-state index is 13.3. The van der Waals surface area contributed by atoms with E-state index in [2.05, 4.69) is 0 Å². The molecule has 2 aliphatic rings. The Hall–Kier alpha value is -1.84. The molecule has 1 N–H and O–H groups in total. The van der Waals surface area contributed by atoms with Crippen LogP contribution >= 0.6 is 0 Å². The van der Waals surface area contributed by atoms with Gasteiger partial charge in [0.25, 0.3) is 0 Å². The number of hydrogen-bond acceptors (Lipinski definition) is 6. The van der Waals surface area contributed by atoms with Gasteiger partial charge in [-0.25, -0.2) is 8.42 Å². The summed E-state index contributed by atoms with van der Waals surface area (Å²) in [5, 5.41) is 9.73. The molecule has 1 aromatic rings. The summed E-state index contributed by atoms with van der Waals surface area (Å²) in [4.78, 5) is 11.9. The highest BCUT2D eigenvalue weighted by Crippen LogP contribution is 2.44. The van der Waals surface area contributed by atoms with Gasteiger partial charge in [-0.15, -0.1) is 0 Å². The van der Waals surface area contributed by atoms with E-state index in [0.29, 0.717) is 18.8 Å². The SMILES string of the molecule is COc1cc(S(=O)(=O)N2C[C@@H]3CCOC[C@]3(C(=O)O)C2)c(OC)cc1C. The fourth-order valence-electron chi connectivity index (χ4n) is 3.79. The van der Waals surface area contributed by atoms with Gasteiger partial charge in [0.05, 0.1) is 20.8 Å². The Morgan fingerprint density at radius 3 is 2.58 bits per heavy atom. The lowest BCUT2D eigenvalue weighted by Crippen LogP contribution is -2.46. The number of hydrogen-bond donors (Lipinski definition) is 1. The van der Waals surface area contributed by atoms with Crippen molar-refractivity contribution in [3.63, 3.8) is 0 Å². The van der Waals surface area contributed by atoms with E-state index in [4.69, 9.17) is 14.2 Å². The smallest absolute Gasteiger partial charge is 0.313 e. The zero-order chi connectivity index (χ0) is 19.1. The third-order valence-electron chi connectivity index (χ3n) is 5.36. The molecule has 0 unspecified atom stereocenters. The zero-order valence-corrected chi connectivity index (χ0v) is 15.8. The van der Waals surface area contributed by atoms with E-state index in [0.717, 1.165) is 5.56 Å². The molecule has 26 heavy (non-hydrogen) atoms. The van der Waals surface area contributed by atoms with Crippen LogP contribution in [0.1, 0.15) is 12.0 Å². The first kappa shape index (κ1) is 18.9. The van der Waals surface area contributed by atoms with E-state index in [1.54, 1.807) is 13.0 Å². The number of sulfonamides is 1. The highest BCUT2D eigenvalue weighted by Gasteiger charge is 2.56. The van der Waals surface area contributed by atoms with Crippen LogP contribution in [0.5, 0.6) is 11.5 Å². The molecule has 0 spiro atoms. The Bertz CT molecular complexity index is 823. The van der Waals surface area contributed by atoms with Crippen molar-refractivity contribution < 1.29 is 32.5 Å². The number of carbonyl (C=O) groups is 1. The van der Waals surface area contributed by atoms with Gasteiger partial charge in [0.2, 0.25) is 10.0 Å². The predicted octanol–water partition coefficient (Wildman–Crippen LogP) is 1.12. The summed E-state index contributed by atoms with van der Waals surface area (Å²) in [5.74, 6) is -0.661. The Kier molecular flexibility index (Phi) is 4.89. The van der Waals surface area contributed by atoms with Crippen LogP contribution in [-0.2, 0) is 19.6 Å². The van der Waals surface area contributed by atoms with E-state index < -0.39 is 21.4 Å². The first-order valence-corrected chi connectivity index (χ1v) is 9.74. The summed E-state index contributed by atoms with van der Waals surface area (Å²) >= 11 is 0. The lowest BCUT2D eigenvalue weighted by molar-refractivity contribution is -0.159. The Morgan fingerprint density at radius 2 is 2.00 bits per heavy atom. The summed E-state index contributed by atoms with van der Waals surface area (Å²) in [6.07, 6.45) is 0.521. The second-order valence-corrected chi connectivity index (χ2v) is 8.68. The second kappa shape index (κ2) is 6.71. The molecule has 2 heterocycles. The Morgan fingerprint density at radius 1 is 1.31 bits per heavy atom. The maximum Gasteiger partial charge on any atom is 0.313 e. The molecule has 0 aromatic heterocycles. The van der Waals surface area contributed by atoms with Crippen LogP contribution in [0.2, 0.25) is 0 Å². The molecule has 2 fully saturated rings. The average molecular weight is 385 g/mol. The van der Waals surface area contributed by atoms with Crippen molar-refractivity contribution in [1.82, 2.24) is 4.31 Å². The van der Waals surface area contributed by atoms with E-state index in [1.807, 2.05) is 0 Å². The monoisotopic (exact) mass is 385 g/mol. The van der Waals surface area contributed by atoms with Gasteiger partial charge in [0.1, 0.15) is 21.8 Å². The van der Waals surface area contributed by atoms with Gasteiger partial charge in [-0.2, -0.15) is 4.31 Å². The standard InChI is InChI=1S/C17H23NO7S/c1-11-6-14(24-3)15(7-13(11)23-2)26(21,22)18-8-12-4-5-25-10-17(12,9-18)16(19)20/h6-7,12H,4-5,8-10H2,1-3H3,(H,19,20)/t12-,17+/m0/s1. The summed E-state index contributed by atoms with van der Waals surface area (Å²) in [6, 6.07) is 3.03. The number of aliphatic carboxylic acids is 1. The predicted molar refractivity (Wildman–Crippen MR) is 92.0 cm³/mol. The maximum atomic E-state index is 13.3. The Labute approximate surface area is 152 Å². The lowest BCUT2D eigenvalue weighted by Gasteiger charge is -2.34. The first-order valence-electron chi connectivity index (χ1n) is 8.30. The highest BCUT2D eigenvalue weighted by molar-refractivity contribution is 7.89. The summed E-state index contributed by atoms with van der Waals surface area (Å²) in [7, 11) is -1.09. The van der Waals surface area contributed by atoms with Gasteiger partial charge in [-0.05, 0) is 30.9 Å². The molecular weight excluding hydrogens is 362 g/mol. The van der Waals surface area contributed by atoms with Crippen molar-refractivity contribution in [3.8, 4) is 11.5 Å². The fourth-order valence-corrected chi connectivity index (χ4v) is 5.50. The number of carboxylic acids is 1. The van der Waals surface area contributed by atoms with Crippen molar-refractivity contribution >= 4 is 16.0 Å². The van der Waals surface area contributed by atoms with Crippen LogP contribution in [-0.4, -0.2) is 64.3 Å². The molecule has 0 amide bonds. The van der Waals surface area contributed by atoms with Crippen molar-refractivity contribution in [2.24, 2.45) is 11.3 Å². The third-order valence-corrected chi connectivity index (χ3v) is 7.19. The number of nitrogens with zero attached hydrogens (tertiary/aromatic N) is 1. The summed E-state index contributed by atoms with van der Waals surface area (Å²) < 4.78 is 43.6. The largest absolute Gasteiger partial charge is 0.496 e. The number of benzene rings is 1. The lowest BCUT2D eigenvalue weighted by atomic mass is 9.76. The minimum atomic E-state index is -3.95. The van der Waals surface area contributed by atoms with Gasteiger partial charge in [0, 0.05) is 25.8 Å². The molecule has 0 aliphatic carbocycles. The van der Waals surface area contributed by atoms with Crippen LogP contribution in [0.4, 0.5) is 0 Å². The molecule has 9 heteroatoms. The van der Waals surface area contributed by atoms with Gasteiger partial charge in [-0.1, -0.05) is 0 Å². The number of methoxy groups -OCH3 is 2. The topological polar surface area (TPSA) is 102 Å². The molecule has 144 valence electrons. The third kappa shape index (κ3) is 2.83. The van der Waals surface area contributed by atoms with Gasteiger partial charge in [-0.3, -0.25) is 4.79 Å². The van der Waals surface area contributed by atoms with E-state index >= 15 is 0 Å². The Balaban J connectivity index is 2.03. The summed E-state index contributed by atoms with van der Waals surface area (Å²) in [6.45, 7) is 2.29. The van der Waals surface area contributed by atoms with E-state index in [9.17, 15) is 18.3 Å². The molecular formula is C17H23NO7S.